The third kappa shape index (κ3) is 4.81. The largest absolute Gasteiger partial charge is 0.444 e. The number of halogens is 2. The Morgan fingerprint density at radius 1 is 1.16 bits per heavy atom. The highest BCUT2D eigenvalue weighted by atomic mass is 35.5. The van der Waals surface area contributed by atoms with Gasteiger partial charge in [0.05, 0.1) is 17.6 Å². The summed E-state index contributed by atoms with van der Waals surface area (Å²) in [6.07, 6.45) is -0.272. The maximum absolute atomic E-state index is 12.6. The molecule has 0 spiro atoms. The summed E-state index contributed by atoms with van der Waals surface area (Å²) >= 11 is 12.6. The lowest BCUT2D eigenvalue weighted by Gasteiger charge is -2.40. The summed E-state index contributed by atoms with van der Waals surface area (Å²) in [5.41, 5.74) is 2.42. The number of rotatable bonds is 3. The van der Waals surface area contributed by atoms with Crippen molar-refractivity contribution in [3.05, 3.63) is 58.1 Å². The van der Waals surface area contributed by atoms with E-state index >= 15 is 0 Å². The lowest BCUT2D eigenvalue weighted by atomic mass is 10.2. The maximum Gasteiger partial charge on any atom is 0.410 e. The molecule has 0 radical (unpaired) electrons. The van der Waals surface area contributed by atoms with Crippen LogP contribution in [0.3, 0.4) is 0 Å². The van der Waals surface area contributed by atoms with Gasteiger partial charge in [-0.2, -0.15) is 0 Å². The summed E-state index contributed by atoms with van der Waals surface area (Å²) in [5.74, 6) is 0.868. The van der Waals surface area contributed by atoms with E-state index in [1.807, 2.05) is 58.0 Å². The smallest absolute Gasteiger partial charge is 0.410 e. The summed E-state index contributed by atoms with van der Waals surface area (Å²) in [4.78, 5) is 21.6. The van der Waals surface area contributed by atoms with Crippen LogP contribution < -0.4 is 4.90 Å². The number of hydrogen-bond donors (Lipinski definition) is 0. The monoisotopic (exact) mass is 474 g/mol. The molecule has 4 rings (SSSR count). The molecule has 1 fully saturated rings. The molecular weight excluding hydrogens is 447 g/mol. The number of para-hydroxylation sites is 2. The normalized spacial score (nSPS) is 17.1. The SMILES string of the molecule is C[C@H]1CN(c2nc3ccccc3n2Cc2ccc(Cl)cc2Cl)CCN1C(=O)OC(C)(C)C. The molecular formula is C24H28Cl2N4O2. The van der Waals surface area contributed by atoms with Gasteiger partial charge in [0, 0.05) is 35.7 Å². The molecule has 1 aliphatic rings. The molecule has 8 heteroatoms. The molecule has 1 aliphatic heterocycles. The highest BCUT2D eigenvalue weighted by molar-refractivity contribution is 6.35. The Bertz CT molecular complexity index is 1140. The first kappa shape index (κ1) is 22.7. The van der Waals surface area contributed by atoms with Gasteiger partial charge in [0.1, 0.15) is 5.60 Å². The standard InChI is InChI=1S/C24H28Cl2N4O2/c1-16-14-28(11-12-29(16)23(31)32-24(2,3)4)22-27-20-7-5-6-8-21(20)30(22)15-17-9-10-18(25)13-19(17)26/h5-10,13,16H,11-12,14-15H2,1-4H3/t16-/m0/s1. The van der Waals surface area contributed by atoms with Gasteiger partial charge in [0.25, 0.3) is 0 Å². The number of piperazine rings is 1. The van der Waals surface area contributed by atoms with E-state index in [2.05, 4.69) is 15.5 Å². The van der Waals surface area contributed by atoms with Crippen LogP contribution in [0.15, 0.2) is 42.5 Å². The predicted octanol–water partition coefficient (Wildman–Crippen LogP) is 5.84. The lowest BCUT2D eigenvalue weighted by molar-refractivity contribution is 0.0158. The summed E-state index contributed by atoms with van der Waals surface area (Å²) in [5, 5.41) is 1.24. The van der Waals surface area contributed by atoms with Gasteiger partial charge in [-0.3, -0.25) is 0 Å². The molecule has 1 saturated heterocycles. The number of nitrogens with zero attached hydrogens (tertiary/aromatic N) is 4. The minimum Gasteiger partial charge on any atom is -0.444 e. The van der Waals surface area contributed by atoms with Crippen molar-refractivity contribution >= 4 is 46.3 Å². The van der Waals surface area contributed by atoms with Gasteiger partial charge in [0.2, 0.25) is 5.95 Å². The van der Waals surface area contributed by atoms with Crippen LogP contribution in [0, 0.1) is 0 Å². The van der Waals surface area contributed by atoms with Crippen molar-refractivity contribution in [2.24, 2.45) is 0 Å². The number of amides is 1. The fourth-order valence-corrected chi connectivity index (χ4v) is 4.48. The molecule has 0 unspecified atom stereocenters. The van der Waals surface area contributed by atoms with Crippen LogP contribution in [0.2, 0.25) is 10.0 Å². The average Bonchev–Trinajstić information content (AvgIpc) is 3.07. The second kappa shape index (κ2) is 8.83. The molecule has 1 atom stereocenters. The van der Waals surface area contributed by atoms with Crippen LogP contribution in [-0.4, -0.2) is 51.8 Å². The number of carbonyl (C=O) groups is 1. The van der Waals surface area contributed by atoms with E-state index in [0.717, 1.165) is 22.5 Å². The van der Waals surface area contributed by atoms with Crippen molar-refractivity contribution in [3.8, 4) is 0 Å². The number of hydrogen-bond acceptors (Lipinski definition) is 4. The van der Waals surface area contributed by atoms with Crippen LogP contribution >= 0.6 is 23.2 Å². The number of anilines is 1. The molecule has 0 N–H and O–H groups in total. The number of aromatic nitrogens is 2. The van der Waals surface area contributed by atoms with Crippen molar-refractivity contribution in [1.82, 2.24) is 14.5 Å². The second-order valence-electron chi connectivity index (χ2n) is 9.19. The molecule has 2 aromatic carbocycles. The molecule has 1 aromatic heterocycles. The Hall–Kier alpha value is -2.44. The predicted molar refractivity (Wildman–Crippen MR) is 130 cm³/mol. The first-order valence-corrected chi connectivity index (χ1v) is 11.5. The van der Waals surface area contributed by atoms with E-state index in [9.17, 15) is 4.79 Å². The first-order valence-electron chi connectivity index (χ1n) is 10.8. The summed E-state index contributed by atoms with van der Waals surface area (Å²) in [6.45, 7) is 10.2. The Balaban J connectivity index is 1.62. The van der Waals surface area contributed by atoms with E-state index in [4.69, 9.17) is 32.9 Å². The van der Waals surface area contributed by atoms with Gasteiger partial charge < -0.3 is 19.1 Å². The van der Waals surface area contributed by atoms with Gasteiger partial charge in [0.15, 0.2) is 0 Å². The number of benzene rings is 2. The van der Waals surface area contributed by atoms with Crippen molar-refractivity contribution in [3.63, 3.8) is 0 Å². The van der Waals surface area contributed by atoms with Crippen molar-refractivity contribution in [2.75, 3.05) is 24.5 Å². The van der Waals surface area contributed by atoms with Crippen molar-refractivity contribution in [2.45, 2.75) is 45.9 Å². The van der Waals surface area contributed by atoms with Crippen LogP contribution in [-0.2, 0) is 11.3 Å². The molecule has 0 aliphatic carbocycles. The molecule has 32 heavy (non-hydrogen) atoms. The fraction of sp³-hybridized carbons (Fsp3) is 0.417. The molecule has 0 saturated carbocycles. The molecule has 6 nitrogen and oxygen atoms in total. The van der Waals surface area contributed by atoms with E-state index in [1.54, 1.807) is 11.0 Å². The number of carbonyl (C=O) groups excluding carboxylic acids is 1. The summed E-state index contributed by atoms with van der Waals surface area (Å²) < 4.78 is 7.77. The second-order valence-corrected chi connectivity index (χ2v) is 10.0. The molecule has 0 bridgehead atoms. The molecule has 2 heterocycles. The summed E-state index contributed by atoms with van der Waals surface area (Å²) in [6, 6.07) is 13.6. The van der Waals surface area contributed by atoms with E-state index in [1.165, 1.54) is 0 Å². The van der Waals surface area contributed by atoms with Crippen LogP contribution in [0.1, 0.15) is 33.3 Å². The number of ether oxygens (including phenoxy) is 1. The van der Waals surface area contributed by atoms with Crippen LogP contribution in [0.4, 0.5) is 10.7 Å². The zero-order valence-corrected chi connectivity index (χ0v) is 20.3. The molecule has 3 aromatic rings. The van der Waals surface area contributed by atoms with Gasteiger partial charge in [-0.05, 0) is 57.5 Å². The van der Waals surface area contributed by atoms with Crippen LogP contribution in [0.25, 0.3) is 11.0 Å². The zero-order chi connectivity index (χ0) is 23.0. The lowest BCUT2D eigenvalue weighted by Crippen LogP contribution is -2.55. The Morgan fingerprint density at radius 2 is 1.91 bits per heavy atom. The number of fused-ring (bicyclic) bond motifs is 1. The third-order valence-electron chi connectivity index (χ3n) is 5.52. The minimum absolute atomic E-state index is 0.00835. The average molecular weight is 475 g/mol. The Kier molecular flexibility index (Phi) is 6.28. The van der Waals surface area contributed by atoms with Gasteiger partial charge in [-0.25, -0.2) is 9.78 Å². The Morgan fingerprint density at radius 3 is 2.59 bits per heavy atom. The van der Waals surface area contributed by atoms with E-state index < -0.39 is 5.60 Å². The Labute approximate surface area is 198 Å². The van der Waals surface area contributed by atoms with Crippen molar-refractivity contribution < 1.29 is 9.53 Å². The van der Waals surface area contributed by atoms with Crippen LogP contribution in [0.5, 0.6) is 0 Å². The highest BCUT2D eigenvalue weighted by Gasteiger charge is 2.32. The van der Waals surface area contributed by atoms with Gasteiger partial charge in [-0.1, -0.05) is 41.4 Å². The summed E-state index contributed by atoms with van der Waals surface area (Å²) in [7, 11) is 0. The minimum atomic E-state index is -0.514. The topological polar surface area (TPSA) is 50.6 Å². The van der Waals surface area contributed by atoms with Gasteiger partial charge >= 0.3 is 6.09 Å². The fourth-order valence-electron chi connectivity index (χ4n) is 4.01. The quantitative estimate of drug-likeness (QED) is 0.478. The number of imidazole rings is 1. The van der Waals surface area contributed by atoms with Crippen molar-refractivity contribution in [1.29, 1.82) is 0 Å². The van der Waals surface area contributed by atoms with E-state index in [0.29, 0.717) is 36.2 Å². The third-order valence-corrected chi connectivity index (χ3v) is 6.10. The highest BCUT2D eigenvalue weighted by Crippen LogP contribution is 2.29. The maximum atomic E-state index is 12.6. The zero-order valence-electron chi connectivity index (χ0n) is 18.8. The first-order chi connectivity index (χ1) is 15.1. The molecule has 1 amide bonds. The van der Waals surface area contributed by atoms with E-state index in [-0.39, 0.29) is 12.1 Å². The molecule has 170 valence electrons. The van der Waals surface area contributed by atoms with Gasteiger partial charge in [-0.15, -0.1) is 0 Å².